The second-order valence-corrected chi connectivity index (χ2v) is 5.27. The molecule has 0 unspecified atom stereocenters. The smallest absolute Gasteiger partial charge is 0.120 e. The van der Waals surface area contributed by atoms with Gasteiger partial charge in [-0.15, -0.1) is 0 Å². The van der Waals surface area contributed by atoms with E-state index in [4.69, 9.17) is 10.5 Å². The summed E-state index contributed by atoms with van der Waals surface area (Å²) in [6.45, 7) is 7.86. The number of hydrogen-bond acceptors (Lipinski definition) is 3. The van der Waals surface area contributed by atoms with Crippen molar-refractivity contribution in [1.82, 2.24) is 0 Å². The van der Waals surface area contributed by atoms with Crippen LogP contribution in [-0.4, -0.2) is 25.7 Å². The Balaban J connectivity index is 2.61. The molecule has 3 nitrogen and oxygen atoms in total. The zero-order chi connectivity index (χ0) is 12.9. The van der Waals surface area contributed by atoms with E-state index < -0.39 is 0 Å². The van der Waals surface area contributed by atoms with Gasteiger partial charge in [0, 0.05) is 19.3 Å². The third kappa shape index (κ3) is 5.09. The maximum absolute atomic E-state index is 5.78. The molecule has 2 N–H and O–H groups in total. The second-order valence-electron chi connectivity index (χ2n) is 5.27. The summed E-state index contributed by atoms with van der Waals surface area (Å²) in [7, 11) is 2.08. The highest BCUT2D eigenvalue weighted by atomic mass is 16.5. The lowest BCUT2D eigenvalue weighted by molar-refractivity contribution is 0.131. The van der Waals surface area contributed by atoms with Gasteiger partial charge in [-0.1, -0.05) is 0 Å². The lowest BCUT2D eigenvalue weighted by Gasteiger charge is -2.23. The van der Waals surface area contributed by atoms with Crippen molar-refractivity contribution >= 4 is 5.69 Å². The molecule has 17 heavy (non-hydrogen) atoms. The summed E-state index contributed by atoms with van der Waals surface area (Å²) >= 11 is 0. The summed E-state index contributed by atoms with van der Waals surface area (Å²) in [5.41, 5.74) is 6.55. The van der Waals surface area contributed by atoms with Gasteiger partial charge in [-0.25, -0.2) is 0 Å². The highest BCUT2D eigenvalue weighted by molar-refractivity contribution is 5.48. The van der Waals surface area contributed by atoms with Crippen molar-refractivity contribution in [1.29, 1.82) is 0 Å². The van der Waals surface area contributed by atoms with E-state index in [1.165, 1.54) is 5.69 Å². The molecule has 0 atom stereocenters. The SMILES string of the molecule is CN(CCCN)c1ccc(OC(C)(C)C)cc1. The first-order valence-corrected chi connectivity index (χ1v) is 6.12. The minimum Gasteiger partial charge on any atom is -0.488 e. The number of ether oxygens (including phenoxy) is 1. The Hall–Kier alpha value is -1.22. The Morgan fingerprint density at radius 1 is 1.18 bits per heavy atom. The third-order valence-electron chi connectivity index (χ3n) is 2.40. The summed E-state index contributed by atoms with van der Waals surface area (Å²) in [5.74, 6) is 0.911. The molecular weight excluding hydrogens is 212 g/mol. The van der Waals surface area contributed by atoms with E-state index in [0.29, 0.717) is 0 Å². The third-order valence-corrected chi connectivity index (χ3v) is 2.40. The molecule has 3 heteroatoms. The van der Waals surface area contributed by atoms with Gasteiger partial charge in [0.2, 0.25) is 0 Å². The van der Waals surface area contributed by atoms with Crippen molar-refractivity contribution in [2.75, 3.05) is 25.0 Å². The summed E-state index contributed by atoms with van der Waals surface area (Å²) in [6.07, 6.45) is 1.01. The second kappa shape index (κ2) is 5.92. The number of anilines is 1. The van der Waals surface area contributed by atoms with Crippen molar-refractivity contribution in [2.24, 2.45) is 5.73 Å². The normalized spacial score (nSPS) is 11.4. The van der Waals surface area contributed by atoms with Gasteiger partial charge < -0.3 is 15.4 Å². The molecule has 0 spiro atoms. The van der Waals surface area contributed by atoms with Crippen molar-refractivity contribution in [3.63, 3.8) is 0 Å². The average molecular weight is 236 g/mol. The highest BCUT2D eigenvalue weighted by Gasteiger charge is 2.11. The molecule has 0 aromatic heterocycles. The predicted molar refractivity (Wildman–Crippen MR) is 73.8 cm³/mol. The average Bonchev–Trinajstić information content (AvgIpc) is 2.24. The molecule has 0 heterocycles. The first kappa shape index (κ1) is 13.8. The largest absolute Gasteiger partial charge is 0.488 e. The van der Waals surface area contributed by atoms with Crippen LogP contribution in [0.3, 0.4) is 0 Å². The van der Waals surface area contributed by atoms with Gasteiger partial charge in [0.25, 0.3) is 0 Å². The summed E-state index contributed by atoms with van der Waals surface area (Å²) in [6, 6.07) is 8.19. The molecule has 0 aliphatic rings. The molecular formula is C14H24N2O. The molecule has 0 fully saturated rings. The van der Waals surface area contributed by atoms with Crippen LogP contribution < -0.4 is 15.4 Å². The van der Waals surface area contributed by atoms with Crippen LogP contribution in [0, 0.1) is 0 Å². The summed E-state index contributed by atoms with van der Waals surface area (Å²) in [5, 5.41) is 0. The molecule has 1 aromatic rings. The van der Waals surface area contributed by atoms with Crippen molar-refractivity contribution in [2.45, 2.75) is 32.8 Å². The van der Waals surface area contributed by atoms with Gasteiger partial charge >= 0.3 is 0 Å². The van der Waals surface area contributed by atoms with Crippen molar-refractivity contribution < 1.29 is 4.74 Å². The maximum Gasteiger partial charge on any atom is 0.120 e. The van der Waals surface area contributed by atoms with Crippen LogP contribution in [0.1, 0.15) is 27.2 Å². The van der Waals surface area contributed by atoms with Gasteiger partial charge in [-0.05, 0) is 58.0 Å². The molecule has 0 saturated heterocycles. The van der Waals surface area contributed by atoms with E-state index in [0.717, 1.165) is 25.3 Å². The first-order chi connectivity index (χ1) is 7.92. The monoisotopic (exact) mass is 236 g/mol. The number of rotatable bonds is 5. The standard InChI is InChI=1S/C14H24N2O/c1-14(2,3)17-13-8-6-12(7-9-13)16(4)11-5-10-15/h6-9H,5,10-11,15H2,1-4H3. The minimum absolute atomic E-state index is 0.146. The van der Waals surface area contributed by atoms with Crippen LogP contribution in [0.2, 0.25) is 0 Å². The van der Waals surface area contributed by atoms with Crippen LogP contribution in [0.4, 0.5) is 5.69 Å². The maximum atomic E-state index is 5.78. The molecule has 1 aromatic carbocycles. The minimum atomic E-state index is -0.146. The summed E-state index contributed by atoms with van der Waals surface area (Å²) in [4.78, 5) is 2.20. The van der Waals surface area contributed by atoms with Crippen LogP contribution >= 0.6 is 0 Å². The zero-order valence-electron chi connectivity index (χ0n) is 11.4. The Bertz CT molecular complexity index is 327. The van der Waals surface area contributed by atoms with E-state index in [2.05, 4.69) is 24.1 Å². The Kier molecular flexibility index (Phi) is 4.82. The van der Waals surface area contributed by atoms with E-state index in [1.807, 2.05) is 32.9 Å². The fourth-order valence-corrected chi connectivity index (χ4v) is 1.58. The number of hydrogen-bond donors (Lipinski definition) is 1. The lowest BCUT2D eigenvalue weighted by Crippen LogP contribution is -2.23. The zero-order valence-corrected chi connectivity index (χ0v) is 11.4. The Morgan fingerprint density at radius 3 is 2.24 bits per heavy atom. The number of nitrogens with two attached hydrogens (primary N) is 1. The van der Waals surface area contributed by atoms with Crippen LogP contribution in [-0.2, 0) is 0 Å². The topological polar surface area (TPSA) is 38.5 Å². The molecule has 96 valence electrons. The number of nitrogens with zero attached hydrogens (tertiary/aromatic N) is 1. The molecule has 0 saturated carbocycles. The predicted octanol–water partition coefficient (Wildman–Crippen LogP) is 2.65. The van der Waals surface area contributed by atoms with Gasteiger partial charge in [0.05, 0.1) is 0 Å². The van der Waals surface area contributed by atoms with Gasteiger partial charge in [0.1, 0.15) is 11.4 Å². The highest BCUT2D eigenvalue weighted by Crippen LogP contribution is 2.22. The Labute approximate surface area is 105 Å². The van der Waals surface area contributed by atoms with Crippen LogP contribution in [0.25, 0.3) is 0 Å². The van der Waals surface area contributed by atoms with Crippen molar-refractivity contribution in [3.05, 3.63) is 24.3 Å². The molecule has 0 aliphatic carbocycles. The number of benzene rings is 1. The van der Waals surface area contributed by atoms with Gasteiger partial charge in [-0.2, -0.15) is 0 Å². The molecule has 1 rings (SSSR count). The lowest BCUT2D eigenvalue weighted by atomic mass is 10.2. The molecule has 0 aliphatic heterocycles. The van der Waals surface area contributed by atoms with E-state index in [-0.39, 0.29) is 5.60 Å². The molecule has 0 radical (unpaired) electrons. The van der Waals surface area contributed by atoms with Gasteiger partial charge in [-0.3, -0.25) is 0 Å². The van der Waals surface area contributed by atoms with E-state index in [1.54, 1.807) is 0 Å². The van der Waals surface area contributed by atoms with E-state index >= 15 is 0 Å². The Morgan fingerprint density at radius 2 is 1.76 bits per heavy atom. The van der Waals surface area contributed by atoms with Gasteiger partial charge in [0.15, 0.2) is 0 Å². The molecule has 0 amide bonds. The van der Waals surface area contributed by atoms with Crippen LogP contribution in [0.15, 0.2) is 24.3 Å². The summed E-state index contributed by atoms with van der Waals surface area (Å²) < 4.78 is 5.78. The fraction of sp³-hybridized carbons (Fsp3) is 0.571. The van der Waals surface area contributed by atoms with Crippen molar-refractivity contribution in [3.8, 4) is 5.75 Å². The van der Waals surface area contributed by atoms with E-state index in [9.17, 15) is 0 Å². The fourth-order valence-electron chi connectivity index (χ4n) is 1.58. The molecule has 0 bridgehead atoms. The first-order valence-electron chi connectivity index (χ1n) is 6.12. The van der Waals surface area contributed by atoms with Crippen LogP contribution in [0.5, 0.6) is 5.75 Å². The quantitative estimate of drug-likeness (QED) is 0.854.